The van der Waals surface area contributed by atoms with Gasteiger partial charge in [-0.1, -0.05) is 6.07 Å². The first-order valence-electron chi connectivity index (χ1n) is 5.49. The van der Waals surface area contributed by atoms with E-state index < -0.39 is 0 Å². The Kier molecular flexibility index (Phi) is 4.00. The molecule has 3 N–H and O–H groups in total. The van der Waals surface area contributed by atoms with Crippen molar-refractivity contribution >= 4 is 33.8 Å². The van der Waals surface area contributed by atoms with Gasteiger partial charge in [-0.2, -0.15) is 5.10 Å². The lowest BCUT2D eigenvalue weighted by Gasteiger charge is -2.14. The molecule has 0 fully saturated rings. The lowest BCUT2D eigenvalue weighted by Crippen LogP contribution is -2.10. The number of hydrazone groups is 1. The van der Waals surface area contributed by atoms with Gasteiger partial charge in [0.15, 0.2) is 0 Å². The molecule has 1 aromatic heterocycles. The molecule has 0 aliphatic heterocycles. The van der Waals surface area contributed by atoms with Crippen LogP contribution < -0.4 is 16.2 Å². The molecule has 2 rings (SSSR count). The highest BCUT2D eigenvalue weighted by atomic mass is 79.9. The molecule has 0 atom stereocenters. The lowest BCUT2D eigenvalue weighted by atomic mass is 10.2. The molecular formula is C11H14BrN7. The van der Waals surface area contributed by atoms with Gasteiger partial charge in [0.2, 0.25) is 0 Å². The number of halogens is 1. The molecule has 7 nitrogen and oxygen atoms in total. The second-order valence-corrected chi connectivity index (χ2v) is 4.89. The van der Waals surface area contributed by atoms with E-state index in [9.17, 15) is 0 Å². The van der Waals surface area contributed by atoms with Crippen LogP contribution in [-0.2, 0) is 0 Å². The number of benzene rings is 1. The van der Waals surface area contributed by atoms with Crippen molar-refractivity contribution in [1.82, 2.24) is 14.9 Å². The van der Waals surface area contributed by atoms with Crippen LogP contribution in [0.3, 0.4) is 0 Å². The first-order chi connectivity index (χ1) is 9.08. The first-order valence-corrected chi connectivity index (χ1v) is 6.28. The molecule has 0 spiro atoms. The van der Waals surface area contributed by atoms with E-state index in [1.54, 1.807) is 6.21 Å². The molecule has 0 saturated heterocycles. The molecular weight excluding hydrogens is 310 g/mol. The van der Waals surface area contributed by atoms with E-state index in [0.717, 1.165) is 15.7 Å². The van der Waals surface area contributed by atoms with Gasteiger partial charge in [-0.3, -0.25) is 0 Å². The summed E-state index contributed by atoms with van der Waals surface area (Å²) >= 11 is 3.52. The summed E-state index contributed by atoms with van der Waals surface area (Å²) in [6.07, 6.45) is 3.07. The van der Waals surface area contributed by atoms with Crippen molar-refractivity contribution in [3.8, 4) is 0 Å². The predicted octanol–water partition coefficient (Wildman–Crippen LogP) is 1.27. The molecule has 0 saturated carbocycles. The molecule has 0 bridgehead atoms. The fraction of sp³-hybridized carbons (Fsp3) is 0.182. The Morgan fingerprint density at radius 3 is 2.84 bits per heavy atom. The highest BCUT2D eigenvalue weighted by molar-refractivity contribution is 9.10. The second-order valence-electron chi connectivity index (χ2n) is 4.04. The number of nitrogens with two attached hydrogens (primary N) is 1. The Morgan fingerprint density at radius 1 is 1.47 bits per heavy atom. The summed E-state index contributed by atoms with van der Waals surface area (Å²) in [5, 5.41) is 11.4. The van der Waals surface area contributed by atoms with Crippen LogP contribution in [0.5, 0.6) is 0 Å². The van der Waals surface area contributed by atoms with Crippen LogP contribution in [0, 0.1) is 0 Å². The van der Waals surface area contributed by atoms with Crippen molar-refractivity contribution in [2.75, 3.05) is 30.3 Å². The SMILES string of the molecule is CN(C)c1ccc(/C=N/Nc2nncn2N)cc1Br. The van der Waals surface area contributed by atoms with Crippen molar-refractivity contribution < 1.29 is 0 Å². The molecule has 100 valence electrons. The first kappa shape index (κ1) is 13.3. The summed E-state index contributed by atoms with van der Waals surface area (Å²) in [6, 6.07) is 5.96. The van der Waals surface area contributed by atoms with E-state index in [2.05, 4.69) is 36.7 Å². The Balaban J connectivity index is 2.07. The zero-order chi connectivity index (χ0) is 13.8. The third kappa shape index (κ3) is 3.22. The number of hydrogen-bond acceptors (Lipinski definition) is 6. The summed E-state index contributed by atoms with van der Waals surface area (Å²) in [4.78, 5) is 2.03. The van der Waals surface area contributed by atoms with Gasteiger partial charge < -0.3 is 10.7 Å². The minimum absolute atomic E-state index is 0.375. The highest BCUT2D eigenvalue weighted by Gasteiger charge is 2.02. The predicted molar refractivity (Wildman–Crippen MR) is 79.9 cm³/mol. The van der Waals surface area contributed by atoms with Gasteiger partial charge in [-0.15, -0.1) is 10.2 Å². The van der Waals surface area contributed by atoms with Crippen molar-refractivity contribution in [1.29, 1.82) is 0 Å². The summed E-state index contributed by atoms with van der Waals surface area (Å²) in [6.45, 7) is 0. The molecule has 0 aliphatic rings. The fourth-order valence-electron chi connectivity index (χ4n) is 1.45. The molecule has 0 radical (unpaired) electrons. The molecule has 19 heavy (non-hydrogen) atoms. The van der Waals surface area contributed by atoms with Crippen molar-refractivity contribution in [2.24, 2.45) is 5.10 Å². The van der Waals surface area contributed by atoms with Gasteiger partial charge in [0.25, 0.3) is 5.95 Å². The summed E-state index contributed by atoms with van der Waals surface area (Å²) in [7, 11) is 3.98. The maximum absolute atomic E-state index is 5.54. The van der Waals surface area contributed by atoms with E-state index in [-0.39, 0.29) is 0 Å². The lowest BCUT2D eigenvalue weighted by molar-refractivity contribution is 0.988. The minimum atomic E-state index is 0.375. The number of rotatable bonds is 4. The van der Waals surface area contributed by atoms with Crippen molar-refractivity contribution in [3.05, 3.63) is 34.6 Å². The standard InChI is InChI=1S/C11H14BrN7/c1-18(2)10-4-3-8(5-9(10)12)6-14-16-11-17-15-7-19(11)13/h3-7H,13H2,1-2H3,(H,16,17)/b14-6+. The van der Waals surface area contributed by atoms with E-state index in [0.29, 0.717) is 5.95 Å². The maximum atomic E-state index is 5.54. The minimum Gasteiger partial charge on any atom is -0.377 e. The number of anilines is 2. The average Bonchev–Trinajstić information content (AvgIpc) is 2.75. The van der Waals surface area contributed by atoms with E-state index in [4.69, 9.17) is 5.84 Å². The molecule has 1 heterocycles. The normalized spacial score (nSPS) is 10.9. The van der Waals surface area contributed by atoms with E-state index in [1.807, 2.05) is 37.2 Å². The largest absolute Gasteiger partial charge is 0.377 e. The number of hydrogen-bond donors (Lipinski definition) is 2. The Morgan fingerprint density at radius 2 is 2.26 bits per heavy atom. The second kappa shape index (κ2) is 5.70. The Hall–Kier alpha value is -2.09. The van der Waals surface area contributed by atoms with Crippen LogP contribution in [0.2, 0.25) is 0 Å². The quantitative estimate of drug-likeness (QED) is 0.503. The number of nitrogen functional groups attached to an aromatic ring is 1. The number of nitrogens with one attached hydrogen (secondary N) is 1. The molecule has 2 aromatic rings. The van der Waals surface area contributed by atoms with Gasteiger partial charge in [0, 0.05) is 18.6 Å². The van der Waals surface area contributed by atoms with Gasteiger partial charge in [0.05, 0.1) is 11.9 Å². The molecule has 0 amide bonds. The van der Waals surface area contributed by atoms with Crippen molar-refractivity contribution in [2.45, 2.75) is 0 Å². The van der Waals surface area contributed by atoms with Gasteiger partial charge in [0.1, 0.15) is 6.33 Å². The third-order valence-electron chi connectivity index (χ3n) is 2.40. The topological polar surface area (TPSA) is 84.4 Å². The van der Waals surface area contributed by atoms with E-state index in [1.165, 1.54) is 11.0 Å². The molecule has 8 heteroatoms. The van der Waals surface area contributed by atoms with E-state index >= 15 is 0 Å². The number of aromatic nitrogens is 3. The van der Waals surface area contributed by atoms with Crippen molar-refractivity contribution in [3.63, 3.8) is 0 Å². The highest BCUT2D eigenvalue weighted by Crippen LogP contribution is 2.25. The van der Waals surface area contributed by atoms with Crippen LogP contribution in [0.15, 0.2) is 34.1 Å². The maximum Gasteiger partial charge on any atom is 0.263 e. The van der Waals surface area contributed by atoms with Crippen LogP contribution in [0.25, 0.3) is 0 Å². The van der Waals surface area contributed by atoms with Gasteiger partial charge in [-0.05, 0) is 33.6 Å². The number of nitrogens with zero attached hydrogens (tertiary/aromatic N) is 5. The van der Waals surface area contributed by atoms with Crippen LogP contribution in [0.4, 0.5) is 11.6 Å². The fourth-order valence-corrected chi connectivity index (χ4v) is 2.20. The summed E-state index contributed by atoms with van der Waals surface area (Å²) < 4.78 is 2.26. The van der Waals surface area contributed by atoms with Crippen LogP contribution in [0.1, 0.15) is 5.56 Å². The summed E-state index contributed by atoms with van der Waals surface area (Å²) in [5.74, 6) is 5.91. The average molecular weight is 324 g/mol. The summed E-state index contributed by atoms with van der Waals surface area (Å²) in [5.41, 5.74) is 4.76. The molecule has 1 aromatic carbocycles. The third-order valence-corrected chi connectivity index (χ3v) is 3.04. The van der Waals surface area contributed by atoms with Gasteiger partial charge in [-0.25, -0.2) is 10.1 Å². The zero-order valence-electron chi connectivity index (χ0n) is 10.6. The van der Waals surface area contributed by atoms with Crippen LogP contribution in [-0.4, -0.2) is 35.2 Å². The molecule has 0 unspecified atom stereocenters. The zero-order valence-corrected chi connectivity index (χ0v) is 12.2. The Labute approximate surface area is 119 Å². The monoisotopic (exact) mass is 323 g/mol. The Bertz CT molecular complexity index is 590. The smallest absolute Gasteiger partial charge is 0.263 e. The molecule has 0 aliphatic carbocycles. The van der Waals surface area contributed by atoms with Crippen LogP contribution >= 0.6 is 15.9 Å². The van der Waals surface area contributed by atoms with Gasteiger partial charge >= 0.3 is 0 Å².